The number of carboxylic acid groups (broad SMARTS) is 1. The number of carboxylic acids is 1. The number of hydrogen-bond acceptors (Lipinski definition) is 3. The first-order valence-electron chi connectivity index (χ1n) is 6.40. The summed E-state index contributed by atoms with van der Waals surface area (Å²) in [7, 11) is 0. The Morgan fingerprint density at radius 3 is 2.78 bits per heavy atom. The Balaban J connectivity index is 2.43. The standard InChI is InChI=1S/C12H22N2O3S/c1-3-14(7-9(2)11(15)16)12(17)13-10-5-4-6-18-8-10/h9-10H,3-8H2,1-2H3,(H,13,17)(H,15,16). The number of carbonyl (C=O) groups is 2. The quantitative estimate of drug-likeness (QED) is 0.799. The van der Waals surface area contributed by atoms with Crippen LogP contribution in [0.25, 0.3) is 0 Å². The van der Waals surface area contributed by atoms with Gasteiger partial charge in [0, 0.05) is 24.9 Å². The van der Waals surface area contributed by atoms with Crippen molar-refractivity contribution in [1.29, 1.82) is 0 Å². The highest BCUT2D eigenvalue weighted by atomic mass is 32.2. The van der Waals surface area contributed by atoms with Gasteiger partial charge in [-0.1, -0.05) is 6.92 Å². The van der Waals surface area contributed by atoms with Crippen molar-refractivity contribution in [3.63, 3.8) is 0 Å². The molecule has 0 aromatic carbocycles. The molecule has 1 heterocycles. The van der Waals surface area contributed by atoms with Gasteiger partial charge in [0.1, 0.15) is 0 Å². The molecule has 104 valence electrons. The van der Waals surface area contributed by atoms with Crippen LogP contribution in [0, 0.1) is 5.92 Å². The van der Waals surface area contributed by atoms with Crippen molar-refractivity contribution in [2.75, 3.05) is 24.6 Å². The molecule has 0 bridgehead atoms. The van der Waals surface area contributed by atoms with Crippen LogP contribution < -0.4 is 5.32 Å². The molecule has 0 spiro atoms. The summed E-state index contributed by atoms with van der Waals surface area (Å²) in [6, 6.07) is 0.0866. The van der Waals surface area contributed by atoms with E-state index in [1.54, 1.807) is 11.8 Å². The Hall–Kier alpha value is -0.910. The molecule has 2 amide bonds. The third kappa shape index (κ3) is 4.76. The molecular weight excluding hydrogens is 252 g/mol. The molecule has 18 heavy (non-hydrogen) atoms. The van der Waals surface area contributed by atoms with Crippen molar-refractivity contribution in [3.05, 3.63) is 0 Å². The van der Waals surface area contributed by atoms with Gasteiger partial charge in [-0.25, -0.2) is 4.79 Å². The predicted molar refractivity (Wildman–Crippen MR) is 72.9 cm³/mol. The van der Waals surface area contributed by atoms with E-state index >= 15 is 0 Å². The molecule has 5 nitrogen and oxygen atoms in total. The summed E-state index contributed by atoms with van der Waals surface area (Å²) in [6.07, 6.45) is 2.15. The van der Waals surface area contributed by atoms with E-state index < -0.39 is 11.9 Å². The molecule has 1 aliphatic heterocycles. The highest BCUT2D eigenvalue weighted by Crippen LogP contribution is 2.17. The molecule has 2 atom stereocenters. The smallest absolute Gasteiger partial charge is 0.317 e. The third-order valence-electron chi connectivity index (χ3n) is 3.07. The van der Waals surface area contributed by atoms with Gasteiger partial charge in [0.25, 0.3) is 0 Å². The van der Waals surface area contributed by atoms with Gasteiger partial charge in [0.15, 0.2) is 0 Å². The van der Waals surface area contributed by atoms with Crippen LogP contribution in [0.5, 0.6) is 0 Å². The lowest BCUT2D eigenvalue weighted by molar-refractivity contribution is -0.141. The summed E-state index contributed by atoms with van der Waals surface area (Å²) in [6.45, 7) is 4.28. The normalized spacial score (nSPS) is 21.1. The first kappa shape index (κ1) is 15.1. The number of aliphatic carboxylic acids is 1. The lowest BCUT2D eigenvalue weighted by atomic mass is 10.1. The van der Waals surface area contributed by atoms with Gasteiger partial charge in [-0.05, 0) is 25.5 Å². The molecule has 0 saturated carbocycles. The van der Waals surface area contributed by atoms with Crippen LogP contribution >= 0.6 is 11.8 Å². The topological polar surface area (TPSA) is 69.6 Å². The zero-order valence-corrected chi connectivity index (χ0v) is 11.8. The van der Waals surface area contributed by atoms with Gasteiger partial charge in [-0.3, -0.25) is 4.79 Å². The van der Waals surface area contributed by atoms with Crippen LogP contribution in [0.1, 0.15) is 26.7 Å². The molecule has 1 fully saturated rings. The van der Waals surface area contributed by atoms with Crippen molar-refractivity contribution in [3.8, 4) is 0 Å². The van der Waals surface area contributed by atoms with Crippen LogP contribution in [0.2, 0.25) is 0 Å². The monoisotopic (exact) mass is 274 g/mol. The minimum Gasteiger partial charge on any atom is -0.481 e. The van der Waals surface area contributed by atoms with E-state index in [4.69, 9.17) is 5.11 Å². The van der Waals surface area contributed by atoms with Gasteiger partial charge in [-0.15, -0.1) is 0 Å². The molecule has 1 saturated heterocycles. The Bertz CT molecular complexity index is 293. The van der Waals surface area contributed by atoms with E-state index in [-0.39, 0.29) is 18.6 Å². The van der Waals surface area contributed by atoms with E-state index in [0.717, 1.165) is 18.6 Å². The summed E-state index contributed by atoms with van der Waals surface area (Å²) >= 11 is 1.86. The van der Waals surface area contributed by atoms with Crippen molar-refractivity contribution in [2.45, 2.75) is 32.7 Å². The van der Waals surface area contributed by atoms with Crippen molar-refractivity contribution < 1.29 is 14.7 Å². The molecule has 6 heteroatoms. The highest BCUT2D eigenvalue weighted by molar-refractivity contribution is 7.99. The van der Waals surface area contributed by atoms with E-state index in [1.165, 1.54) is 5.75 Å². The Morgan fingerprint density at radius 2 is 2.28 bits per heavy atom. The molecule has 2 unspecified atom stereocenters. The number of urea groups is 1. The van der Waals surface area contributed by atoms with Gasteiger partial charge in [-0.2, -0.15) is 11.8 Å². The number of nitrogens with one attached hydrogen (secondary N) is 1. The lowest BCUT2D eigenvalue weighted by Crippen LogP contribution is -2.48. The SMILES string of the molecule is CCN(CC(C)C(=O)O)C(=O)NC1CCCSC1. The van der Waals surface area contributed by atoms with Gasteiger partial charge in [0.05, 0.1) is 5.92 Å². The minimum atomic E-state index is -0.866. The lowest BCUT2D eigenvalue weighted by Gasteiger charge is -2.28. The fourth-order valence-corrected chi connectivity index (χ4v) is 2.96. The van der Waals surface area contributed by atoms with Crippen LogP contribution in [-0.2, 0) is 4.79 Å². The summed E-state index contributed by atoms with van der Waals surface area (Å²) in [5.74, 6) is 0.725. The second-order valence-electron chi connectivity index (χ2n) is 4.64. The molecule has 1 aliphatic rings. The van der Waals surface area contributed by atoms with E-state index in [2.05, 4.69) is 5.32 Å². The number of thioether (sulfide) groups is 1. The van der Waals surface area contributed by atoms with E-state index in [1.807, 2.05) is 18.7 Å². The predicted octanol–water partition coefficient (Wildman–Crippen LogP) is 1.63. The minimum absolute atomic E-state index is 0.141. The van der Waals surface area contributed by atoms with Crippen LogP contribution in [0.15, 0.2) is 0 Å². The zero-order valence-electron chi connectivity index (χ0n) is 11.0. The molecule has 2 N–H and O–H groups in total. The van der Waals surface area contributed by atoms with Crippen LogP contribution in [0.3, 0.4) is 0 Å². The van der Waals surface area contributed by atoms with Crippen molar-refractivity contribution >= 4 is 23.8 Å². The molecule has 0 aliphatic carbocycles. The van der Waals surface area contributed by atoms with Crippen molar-refractivity contribution in [2.24, 2.45) is 5.92 Å². The molecule has 0 aromatic heterocycles. The van der Waals surface area contributed by atoms with Gasteiger partial charge in [0.2, 0.25) is 0 Å². The number of nitrogens with zero attached hydrogens (tertiary/aromatic N) is 1. The fraction of sp³-hybridized carbons (Fsp3) is 0.833. The molecule has 1 rings (SSSR count). The number of carbonyl (C=O) groups excluding carboxylic acids is 1. The summed E-state index contributed by atoms with van der Waals surface area (Å²) in [5, 5.41) is 11.9. The first-order chi connectivity index (χ1) is 8.54. The number of amides is 2. The Kier molecular flexibility index (Phi) is 6.32. The maximum atomic E-state index is 12.0. The molecule has 0 radical (unpaired) electrons. The van der Waals surface area contributed by atoms with Gasteiger partial charge >= 0.3 is 12.0 Å². The first-order valence-corrected chi connectivity index (χ1v) is 7.56. The summed E-state index contributed by atoms with van der Waals surface area (Å²) in [4.78, 5) is 24.4. The summed E-state index contributed by atoms with van der Waals surface area (Å²) < 4.78 is 0. The Labute approximate surface area is 112 Å². The van der Waals surface area contributed by atoms with Crippen LogP contribution in [-0.4, -0.2) is 52.6 Å². The molecular formula is C12H22N2O3S. The second kappa shape index (κ2) is 7.51. The maximum absolute atomic E-state index is 12.0. The number of hydrogen-bond donors (Lipinski definition) is 2. The van der Waals surface area contributed by atoms with Crippen molar-refractivity contribution in [1.82, 2.24) is 10.2 Å². The van der Waals surface area contributed by atoms with Crippen LogP contribution in [0.4, 0.5) is 4.79 Å². The average molecular weight is 274 g/mol. The zero-order chi connectivity index (χ0) is 13.5. The second-order valence-corrected chi connectivity index (χ2v) is 5.79. The molecule has 0 aromatic rings. The van der Waals surface area contributed by atoms with Gasteiger partial charge < -0.3 is 15.3 Å². The van der Waals surface area contributed by atoms with E-state index in [9.17, 15) is 9.59 Å². The highest BCUT2D eigenvalue weighted by Gasteiger charge is 2.22. The summed E-state index contributed by atoms with van der Waals surface area (Å²) in [5.41, 5.74) is 0. The largest absolute Gasteiger partial charge is 0.481 e. The Morgan fingerprint density at radius 1 is 1.56 bits per heavy atom. The average Bonchev–Trinajstić information content (AvgIpc) is 2.36. The fourth-order valence-electron chi connectivity index (χ4n) is 1.88. The maximum Gasteiger partial charge on any atom is 0.317 e. The third-order valence-corrected chi connectivity index (χ3v) is 4.29. The number of rotatable bonds is 5. The van der Waals surface area contributed by atoms with E-state index in [0.29, 0.717) is 6.54 Å².